The maximum absolute atomic E-state index is 13.6. The van der Waals surface area contributed by atoms with Gasteiger partial charge in [0.1, 0.15) is 18.0 Å². The van der Waals surface area contributed by atoms with Crippen molar-refractivity contribution >= 4 is 0 Å². The molecule has 1 aliphatic rings. The van der Waals surface area contributed by atoms with E-state index in [1.807, 2.05) is 12.1 Å². The molecule has 1 aliphatic heterocycles. The van der Waals surface area contributed by atoms with Crippen molar-refractivity contribution in [3.63, 3.8) is 0 Å². The highest BCUT2D eigenvalue weighted by Crippen LogP contribution is 2.12. The van der Waals surface area contributed by atoms with Crippen LogP contribution in [-0.4, -0.2) is 32.8 Å². The number of hydrogen-bond acceptors (Lipinski definition) is 3. The molecule has 2 aromatic rings. The minimum absolute atomic E-state index is 0.124. The van der Waals surface area contributed by atoms with Crippen molar-refractivity contribution in [1.82, 2.24) is 19.7 Å². The summed E-state index contributed by atoms with van der Waals surface area (Å²) in [5, 5.41) is 7.99. The fraction of sp³-hybridized carbons (Fsp3) is 0.385. The highest BCUT2D eigenvalue weighted by atomic mass is 19.1. The molecule has 2 heterocycles. The fourth-order valence-corrected chi connectivity index (χ4v) is 2.30. The Morgan fingerprint density at radius 3 is 2.94 bits per heavy atom. The first-order valence-corrected chi connectivity index (χ1v) is 6.15. The lowest BCUT2D eigenvalue weighted by molar-refractivity contribution is 0.267. The Morgan fingerprint density at radius 2 is 2.06 bits per heavy atom. The van der Waals surface area contributed by atoms with E-state index in [9.17, 15) is 4.39 Å². The van der Waals surface area contributed by atoms with Gasteiger partial charge in [0.2, 0.25) is 0 Å². The van der Waals surface area contributed by atoms with Gasteiger partial charge in [-0.3, -0.25) is 4.90 Å². The Balaban J connectivity index is 1.69. The van der Waals surface area contributed by atoms with Crippen LogP contribution in [0.3, 0.4) is 0 Å². The molecule has 4 nitrogen and oxygen atoms in total. The number of nitrogens with zero attached hydrogens (tertiary/aromatic N) is 4. The van der Waals surface area contributed by atoms with Crippen LogP contribution in [0.2, 0.25) is 0 Å². The van der Waals surface area contributed by atoms with Crippen LogP contribution >= 0.6 is 0 Å². The molecule has 0 spiro atoms. The van der Waals surface area contributed by atoms with E-state index in [0.717, 1.165) is 37.4 Å². The van der Waals surface area contributed by atoms with Crippen LogP contribution in [0.25, 0.3) is 0 Å². The van der Waals surface area contributed by atoms with Gasteiger partial charge >= 0.3 is 0 Å². The fourth-order valence-electron chi connectivity index (χ4n) is 2.30. The van der Waals surface area contributed by atoms with E-state index in [4.69, 9.17) is 0 Å². The Morgan fingerprint density at radius 1 is 1.17 bits per heavy atom. The Bertz CT molecular complexity index is 515. The van der Waals surface area contributed by atoms with Crippen molar-refractivity contribution in [2.75, 3.05) is 13.1 Å². The number of fused-ring (bicyclic) bond motifs is 1. The monoisotopic (exact) mass is 246 g/mol. The van der Waals surface area contributed by atoms with E-state index >= 15 is 0 Å². The molecule has 94 valence electrons. The number of halogens is 1. The van der Waals surface area contributed by atoms with Crippen LogP contribution in [0, 0.1) is 5.82 Å². The smallest absolute Gasteiger partial charge is 0.134 e. The molecule has 0 fully saturated rings. The summed E-state index contributed by atoms with van der Waals surface area (Å²) in [4.78, 5) is 2.26. The van der Waals surface area contributed by atoms with E-state index in [0.29, 0.717) is 6.54 Å². The first-order chi connectivity index (χ1) is 8.83. The zero-order chi connectivity index (χ0) is 12.4. The summed E-state index contributed by atoms with van der Waals surface area (Å²) in [7, 11) is 0. The van der Waals surface area contributed by atoms with Gasteiger partial charge in [0.05, 0.1) is 0 Å². The van der Waals surface area contributed by atoms with Gasteiger partial charge in [-0.2, -0.15) is 0 Å². The Kier molecular flexibility index (Phi) is 3.06. The summed E-state index contributed by atoms with van der Waals surface area (Å²) < 4.78 is 15.7. The maximum atomic E-state index is 13.6. The molecule has 1 aromatic heterocycles. The zero-order valence-electron chi connectivity index (χ0n) is 10.1. The lowest BCUT2D eigenvalue weighted by Crippen LogP contribution is -2.26. The number of hydrogen-bond donors (Lipinski definition) is 0. The maximum Gasteiger partial charge on any atom is 0.134 e. The zero-order valence-corrected chi connectivity index (χ0v) is 10.1. The second kappa shape index (κ2) is 4.86. The van der Waals surface area contributed by atoms with Gasteiger partial charge in [0.15, 0.2) is 0 Å². The molecule has 5 heteroatoms. The predicted octanol–water partition coefficient (Wildman–Crippen LogP) is 1.48. The Labute approximate surface area is 105 Å². The van der Waals surface area contributed by atoms with Gasteiger partial charge in [0.25, 0.3) is 0 Å². The van der Waals surface area contributed by atoms with Gasteiger partial charge in [0, 0.05) is 38.2 Å². The van der Waals surface area contributed by atoms with Gasteiger partial charge in [-0.25, -0.2) is 4.39 Å². The third kappa shape index (κ3) is 2.26. The van der Waals surface area contributed by atoms with Crippen LogP contribution in [0.4, 0.5) is 4.39 Å². The molecule has 0 saturated heterocycles. The molecule has 0 bridgehead atoms. The SMILES string of the molecule is Fc1ccccc1CN1CCc2nncn2CC1. The van der Waals surface area contributed by atoms with E-state index in [1.54, 1.807) is 12.4 Å². The topological polar surface area (TPSA) is 34.0 Å². The van der Waals surface area contributed by atoms with E-state index < -0.39 is 0 Å². The highest BCUT2D eigenvalue weighted by molar-refractivity contribution is 5.17. The largest absolute Gasteiger partial charge is 0.316 e. The molecule has 0 radical (unpaired) electrons. The molecule has 0 atom stereocenters. The summed E-state index contributed by atoms with van der Waals surface area (Å²) in [5.74, 6) is 0.896. The molecule has 0 unspecified atom stereocenters. The van der Waals surface area contributed by atoms with Crippen molar-refractivity contribution in [3.05, 3.63) is 47.8 Å². The van der Waals surface area contributed by atoms with E-state index in [1.165, 1.54) is 6.07 Å². The number of benzene rings is 1. The normalized spacial score (nSPS) is 16.3. The van der Waals surface area contributed by atoms with Crippen molar-refractivity contribution in [2.24, 2.45) is 0 Å². The minimum Gasteiger partial charge on any atom is -0.316 e. The third-order valence-corrected chi connectivity index (χ3v) is 3.36. The van der Waals surface area contributed by atoms with E-state index in [2.05, 4.69) is 19.7 Å². The van der Waals surface area contributed by atoms with Crippen LogP contribution in [-0.2, 0) is 19.5 Å². The van der Waals surface area contributed by atoms with E-state index in [-0.39, 0.29) is 5.82 Å². The van der Waals surface area contributed by atoms with Gasteiger partial charge in [-0.05, 0) is 6.07 Å². The second-order valence-electron chi connectivity index (χ2n) is 4.56. The summed E-state index contributed by atoms with van der Waals surface area (Å²) in [6, 6.07) is 6.97. The van der Waals surface area contributed by atoms with Crippen molar-refractivity contribution in [3.8, 4) is 0 Å². The summed E-state index contributed by atoms with van der Waals surface area (Å²) in [6.45, 7) is 3.33. The van der Waals surface area contributed by atoms with Crippen LogP contribution < -0.4 is 0 Å². The van der Waals surface area contributed by atoms with Gasteiger partial charge in [-0.1, -0.05) is 18.2 Å². The van der Waals surface area contributed by atoms with Crippen molar-refractivity contribution in [1.29, 1.82) is 0 Å². The molecule has 1 aromatic carbocycles. The van der Waals surface area contributed by atoms with Crippen molar-refractivity contribution < 1.29 is 4.39 Å². The molecule has 18 heavy (non-hydrogen) atoms. The lowest BCUT2D eigenvalue weighted by Gasteiger charge is -2.19. The van der Waals surface area contributed by atoms with Crippen LogP contribution in [0.15, 0.2) is 30.6 Å². The summed E-state index contributed by atoms with van der Waals surface area (Å²) in [6.07, 6.45) is 2.64. The summed E-state index contributed by atoms with van der Waals surface area (Å²) >= 11 is 0. The molecule has 0 amide bonds. The predicted molar refractivity (Wildman–Crippen MR) is 65.4 cm³/mol. The third-order valence-electron chi connectivity index (χ3n) is 3.36. The molecule has 0 N–H and O–H groups in total. The molecular formula is C13H15FN4. The van der Waals surface area contributed by atoms with Gasteiger partial charge in [-0.15, -0.1) is 10.2 Å². The van der Waals surface area contributed by atoms with Crippen LogP contribution in [0.5, 0.6) is 0 Å². The summed E-state index contributed by atoms with van der Waals surface area (Å²) in [5.41, 5.74) is 0.759. The quantitative estimate of drug-likeness (QED) is 0.804. The lowest BCUT2D eigenvalue weighted by atomic mass is 10.2. The Hall–Kier alpha value is -1.75. The first-order valence-electron chi connectivity index (χ1n) is 6.15. The highest BCUT2D eigenvalue weighted by Gasteiger charge is 2.15. The molecule has 0 saturated carbocycles. The average molecular weight is 246 g/mol. The average Bonchev–Trinajstić information content (AvgIpc) is 2.75. The van der Waals surface area contributed by atoms with Crippen LogP contribution in [0.1, 0.15) is 11.4 Å². The molecule has 3 rings (SSSR count). The first kappa shape index (κ1) is 11.3. The minimum atomic E-state index is -0.124. The number of rotatable bonds is 2. The molecular weight excluding hydrogens is 231 g/mol. The number of aromatic nitrogens is 3. The second-order valence-corrected chi connectivity index (χ2v) is 4.56. The standard InChI is InChI=1S/C13H15FN4/c14-12-4-2-1-3-11(12)9-17-6-5-13-16-15-10-18(13)8-7-17/h1-4,10H,5-9H2. The van der Waals surface area contributed by atoms with Crippen molar-refractivity contribution in [2.45, 2.75) is 19.5 Å². The molecule has 0 aliphatic carbocycles. The van der Waals surface area contributed by atoms with Gasteiger partial charge < -0.3 is 4.57 Å².